The van der Waals surface area contributed by atoms with Crippen molar-refractivity contribution in [1.82, 2.24) is 19.9 Å². The van der Waals surface area contributed by atoms with Crippen molar-refractivity contribution < 1.29 is 4.74 Å². The van der Waals surface area contributed by atoms with Crippen molar-refractivity contribution in [3.63, 3.8) is 0 Å². The number of nitrogens with zero attached hydrogens (tertiary/aromatic N) is 6. The van der Waals surface area contributed by atoms with Crippen LogP contribution in [0.25, 0.3) is 0 Å². The molecule has 0 bridgehead atoms. The third kappa shape index (κ3) is 4.01. The minimum absolute atomic E-state index is 0.418. The van der Waals surface area contributed by atoms with Crippen LogP contribution in [0.2, 0.25) is 0 Å². The number of piperidine rings is 1. The Morgan fingerprint density at radius 3 is 2.50 bits per heavy atom. The summed E-state index contributed by atoms with van der Waals surface area (Å²) < 4.78 is 5.40. The maximum Gasteiger partial charge on any atom is 0.227 e. The van der Waals surface area contributed by atoms with Crippen LogP contribution in [0, 0.1) is 6.92 Å². The lowest BCUT2D eigenvalue weighted by Crippen LogP contribution is -2.40. The molecule has 2 aromatic heterocycles. The van der Waals surface area contributed by atoms with Crippen LogP contribution in [-0.4, -0.2) is 65.4 Å². The van der Waals surface area contributed by atoms with E-state index in [1.807, 2.05) is 31.5 Å². The van der Waals surface area contributed by atoms with E-state index in [9.17, 15) is 0 Å². The number of aromatic nitrogens is 4. The van der Waals surface area contributed by atoms with Gasteiger partial charge in [-0.1, -0.05) is 0 Å². The van der Waals surface area contributed by atoms with Crippen LogP contribution in [0.1, 0.15) is 18.7 Å². The number of aryl methyl sites for hydroxylation is 1. The van der Waals surface area contributed by atoms with Crippen LogP contribution in [0.4, 0.5) is 17.6 Å². The first-order chi connectivity index (χ1) is 12.8. The molecule has 4 rings (SSSR count). The molecule has 2 aliphatic heterocycles. The van der Waals surface area contributed by atoms with Gasteiger partial charge in [0.05, 0.1) is 13.2 Å². The van der Waals surface area contributed by atoms with Gasteiger partial charge in [-0.15, -0.1) is 0 Å². The maximum absolute atomic E-state index is 5.40. The van der Waals surface area contributed by atoms with Crippen molar-refractivity contribution in [3.05, 3.63) is 30.4 Å². The number of hydrogen-bond donors (Lipinski definition) is 1. The molecule has 2 aromatic rings. The SMILES string of the molecule is Cc1nccc(N2CCC(Nc3ccnc(N4CCOCC4)n3)CC2)n1. The van der Waals surface area contributed by atoms with E-state index >= 15 is 0 Å². The van der Waals surface area contributed by atoms with Gasteiger partial charge in [-0.3, -0.25) is 0 Å². The molecule has 2 aliphatic rings. The molecule has 2 saturated heterocycles. The summed E-state index contributed by atoms with van der Waals surface area (Å²) in [5.41, 5.74) is 0. The quantitative estimate of drug-likeness (QED) is 0.884. The van der Waals surface area contributed by atoms with Gasteiger partial charge in [0.2, 0.25) is 5.95 Å². The number of rotatable bonds is 4. The summed E-state index contributed by atoms with van der Waals surface area (Å²) in [4.78, 5) is 22.3. The van der Waals surface area contributed by atoms with E-state index in [2.05, 4.69) is 30.1 Å². The summed E-state index contributed by atoms with van der Waals surface area (Å²) in [5.74, 6) is 3.52. The first-order valence-electron chi connectivity index (χ1n) is 9.25. The Balaban J connectivity index is 1.34. The highest BCUT2D eigenvalue weighted by Crippen LogP contribution is 2.20. The van der Waals surface area contributed by atoms with Gasteiger partial charge in [-0.05, 0) is 31.9 Å². The molecule has 0 aromatic carbocycles. The molecule has 0 unspecified atom stereocenters. The van der Waals surface area contributed by atoms with Crippen molar-refractivity contribution in [1.29, 1.82) is 0 Å². The van der Waals surface area contributed by atoms with Gasteiger partial charge < -0.3 is 19.9 Å². The van der Waals surface area contributed by atoms with Gasteiger partial charge in [0.15, 0.2) is 0 Å². The number of anilines is 3. The van der Waals surface area contributed by atoms with Crippen LogP contribution in [-0.2, 0) is 4.74 Å². The predicted octanol–water partition coefficient (Wildman–Crippen LogP) is 1.49. The van der Waals surface area contributed by atoms with Gasteiger partial charge in [-0.2, -0.15) is 4.98 Å². The molecule has 0 saturated carbocycles. The molecular weight excluding hydrogens is 330 g/mol. The molecule has 4 heterocycles. The highest BCUT2D eigenvalue weighted by atomic mass is 16.5. The molecule has 0 atom stereocenters. The van der Waals surface area contributed by atoms with E-state index < -0.39 is 0 Å². The first kappa shape index (κ1) is 17.0. The van der Waals surface area contributed by atoms with Crippen LogP contribution >= 0.6 is 0 Å². The fourth-order valence-electron chi connectivity index (χ4n) is 3.43. The second-order valence-electron chi connectivity index (χ2n) is 6.71. The second kappa shape index (κ2) is 7.82. The Morgan fingerprint density at radius 2 is 1.73 bits per heavy atom. The van der Waals surface area contributed by atoms with E-state index in [0.29, 0.717) is 6.04 Å². The molecule has 2 fully saturated rings. The first-order valence-corrected chi connectivity index (χ1v) is 9.25. The van der Waals surface area contributed by atoms with E-state index in [-0.39, 0.29) is 0 Å². The summed E-state index contributed by atoms with van der Waals surface area (Å²) >= 11 is 0. The van der Waals surface area contributed by atoms with Gasteiger partial charge in [0, 0.05) is 44.6 Å². The maximum atomic E-state index is 5.40. The second-order valence-corrected chi connectivity index (χ2v) is 6.71. The Bertz CT molecular complexity index is 727. The third-order valence-corrected chi connectivity index (χ3v) is 4.87. The fourth-order valence-corrected chi connectivity index (χ4v) is 3.43. The summed E-state index contributed by atoms with van der Waals surface area (Å²) in [5, 5.41) is 3.58. The van der Waals surface area contributed by atoms with Gasteiger partial charge in [0.25, 0.3) is 0 Å². The van der Waals surface area contributed by atoms with Gasteiger partial charge in [0.1, 0.15) is 17.5 Å². The Hall–Kier alpha value is -2.48. The van der Waals surface area contributed by atoms with Crippen molar-refractivity contribution in [3.8, 4) is 0 Å². The van der Waals surface area contributed by atoms with E-state index in [0.717, 1.165) is 75.6 Å². The Kier molecular flexibility index (Phi) is 5.10. The molecule has 8 nitrogen and oxygen atoms in total. The zero-order chi connectivity index (χ0) is 17.8. The van der Waals surface area contributed by atoms with Crippen molar-refractivity contribution >= 4 is 17.6 Å². The lowest BCUT2D eigenvalue weighted by molar-refractivity contribution is 0.122. The van der Waals surface area contributed by atoms with Crippen LogP contribution in [0.5, 0.6) is 0 Å². The minimum Gasteiger partial charge on any atom is -0.378 e. The van der Waals surface area contributed by atoms with Crippen LogP contribution < -0.4 is 15.1 Å². The molecule has 0 aliphatic carbocycles. The van der Waals surface area contributed by atoms with Gasteiger partial charge in [-0.25, -0.2) is 15.0 Å². The zero-order valence-electron chi connectivity index (χ0n) is 15.1. The highest BCUT2D eigenvalue weighted by Gasteiger charge is 2.21. The Labute approximate surface area is 153 Å². The molecule has 0 radical (unpaired) electrons. The number of hydrogen-bond acceptors (Lipinski definition) is 8. The normalized spacial score (nSPS) is 18.8. The summed E-state index contributed by atoms with van der Waals surface area (Å²) in [7, 11) is 0. The number of nitrogens with one attached hydrogen (secondary N) is 1. The smallest absolute Gasteiger partial charge is 0.227 e. The molecule has 0 spiro atoms. The molecule has 1 N–H and O–H groups in total. The average Bonchev–Trinajstić information content (AvgIpc) is 2.69. The third-order valence-electron chi connectivity index (χ3n) is 4.87. The van der Waals surface area contributed by atoms with Crippen molar-refractivity contribution in [2.45, 2.75) is 25.8 Å². The van der Waals surface area contributed by atoms with Gasteiger partial charge >= 0.3 is 0 Å². The van der Waals surface area contributed by atoms with Crippen LogP contribution in [0.3, 0.4) is 0 Å². The average molecular weight is 355 g/mol. The zero-order valence-corrected chi connectivity index (χ0v) is 15.1. The summed E-state index contributed by atoms with van der Waals surface area (Å²) in [6.07, 6.45) is 5.77. The molecule has 26 heavy (non-hydrogen) atoms. The summed E-state index contributed by atoms with van der Waals surface area (Å²) in [6.45, 7) is 7.06. The molecule has 8 heteroatoms. The van der Waals surface area contributed by atoms with E-state index in [4.69, 9.17) is 9.72 Å². The van der Waals surface area contributed by atoms with Crippen molar-refractivity contribution in [2.75, 3.05) is 54.5 Å². The number of ether oxygens (including phenoxy) is 1. The standard InChI is InChI=1S/C18H25N7O/c1-14-19-7-3-17(21-14)24-8-4-15(5-9-24)22-16-2-6-20-18(23-16)25-10-12-26-13-11-25/h2-3,6-7,15H,4-5,8-13H2,1H3,(H,20,22,23). The Morgan fingerprint density at radius 1 is 0.962 bits per heavy atom. The van der Waals surface area contributed by atoms with E-state index in [1.54, 1.807) is 0 Å². The van der Waals surface area contributed by atoms with E-state index in [1.165, 1.54) is 0 Å². The number of morpholine rings is 1. The summed E-state index contributed by atoms with van der Waals surface area (Å²) in [6, 6.07) is 4.35. The predicted molar refractivity (Wildman–Crippen MR) is 101 cm³/mol. The van der Waals surface area contributed by atoms with Crippen molar-refractivity contribution in [2.24, 2.45) is 0 Å². The molecular formula is C18H25N7O. The molecule has 0 amide bonds. The van der Waals surface area contributed by atoms with Crippen LogP contribution in [0.15, 0.2) is 24.5 Å². The molecule has 138 valence electrons. The largest absolute Gasteiger partial charge is 0.378 e. The lowest BCUT2D eigenvalue weighted by Gasteiger charge is -2.33. The lowest BCUT2D eigenvalue weighted by atomic mass is 10.1. The monoisotopic (exact) mass is 355 g/mol. The highest BCUT2D eigenvalue weighted by molar-refractivity contribution is 5.43. The fraction of sp³-hybridized carbons (Fsp3) is 0.556. The topological polar surface area (TPSA) is 79.3 Å². The minimum atomic E-state index is 0.418.